The Morgan fingerprint density at radius 3 is 3.14 bits per heavy atom. The Morgan fingerprint density at radius 1 is 1.52 bits per heavy atom. The van der Waals surface area contributed by atoms with Crippen molar-refractivity contribution in [1.82, 2.24) is 10.3 Å². The van der Waals surface area contributed by atoms with E-state index in [4.69, 9.17) is 9.47 Å². The van der Waals surface area contributed by atoms with Gasteiger partial charge in [0.1, 0.15) is 5.82 Å². The number of hydrogen-bond donors (Lipinski definition) is 1. The number of hydrogen-bond acceptors (Lipinski definition) is 5. The number of nitrogens with one attached hydrogen (secondary N) is 1. The van der Waals surface area contributed by atoms with Crippen molar-refractivity contribution in [3.8, 4) is 0 Å². The fourth-order valence-electron chi connectivity index (χ4n) is 2.67. The van der Waals surface area contributed by atoms with E-state index in [0.29, 0.717) is 6.04 Å². The third-order valence-electron chi connectivity index (χ3n) is 3.88. The van der Waals surface area contributed by atoms with Crippen molar-refractivity contribution in [3.05, 3.63) is 23.9 Å². The highest BCUT2D eigenvalue weighted by Gasteiger charge is 2.27. The molecule has 5 nitrogen and oxygen atoms in total. The summed E-state index contributed by atoms with van der Waals surface area (Å²) in [7, 11) is 1.72. The van der Waals surface area contributed by atoms with Gasteiger partial charge in [0.05, 0.1) is 25.4 Å². The lowest BCUT2D eigenvalue weighted by Crippen LogP contribution is -2.49. The summed E-state index contributed by atoms with van der Waals surface area (Å²) < 4.78 is 10.9. The molecule has 0 aliphatic carbocycles. The van der Waals surface area contributed by atoms with Crippen molar-refractivity contribution < 1.29 is 9.47 Å². The zero-order chi connectivity index (χ0) is 15.1. The second-order valence-corrected chi connectivity index (χ2v) is 5.51. The fraction of sp³-hybridized carbons (Fsp3) is 0.688. The van der Waals surface area contributed by atoms with Crippen LogP contribution in [0.4, 0.5) is 5.82 Å². The molecule has 2 unspecified atom stereocenters. The van der Waals surface area contributed by atoms with Gasteiger partial charge in [-0.15, -0.1) is 0 Å². The zero-order valence-corrected chi connectivity index (χ0v) is 13.3. The van der Waals surface area contributed by atoms with E-state index in [1.807, 2.05) is 12.3 Å². The van der Waals surface area contributed by atoms with Gasteiger partial charge in [0.25, 0.3) is 0 Å². The number of pyridine rings is 1. The molecule has 1 N–H and O–H groups in total. The average molecular weight is 293 g/mol. The lowest BCUT2D eigenvalue weighted by Gasteiger charge is -2.40. The summed E-state index contributed by atoms with van der Waals surface area (Å²) in [6.45, 7) is 8.40. The molecular formula is C16H27N3O2. The molecule has 0 bridgehead atoms. The van der Waals surface area contributed by atoms with Crippen LogP contribution >= 0.6 is 0 Å². The van der Waals surface area contributed by atoms with Gasteiger partial charge in [-0.05, 0) is 19.4 Å². The molecule has 1 saturated heterocycles. The highest BCUT2D eigenvalue weighted by molar-refractivity contribution is 5.48. The third kappa shape index (κ3) is 4.40. The Bertz CT molecular complexity index is 428. The molecule has 2 rings (SSSR count). The van der Waals surface area contributed by atoms with Crippen LogP contribution in [0, 0.1) is 0 Å². The molecule has 5 heteroatoms. The maximum atomic E-state index is 5.78. The first-order chi connectivity index (χ1) is 10.3. The second-order valence-electron chi connectivity index (χ2n) is 5.51. The first-order valence-electron chi connectivity index (χ1n) is 7.78. The highest BCUT2D eigenvalue weighted by Crippen LogP contribution is 2.24. The fourth-order valence-corrected chi connectivity index (χ4v) is 2.67. The molecule has 1 aromatic heterocycles. The van der Waals surface area contributed by atoms with Gasteiger partial charge in [-0.1, -0.05) is 13.0 Å². The number of rotatable bonds is 7. The highest BCUT2D eigenvalue weighted by atomic mass is 16.5. The van der Waals surface area contributed by atoms with Gasteiger partial charge in [-0.3, -0.25) is 0 Å². The maximum absolute atomic E-state index is 5.78. The number of anilines is 1. The van der Waals surface area contributed by atoms with Crippen molar-refractivity contribution >= 4 is 5.82 Å². The monoisotopic (exact) mass is 293 g/mol. The summed E-state index contributed by atoms with van der Waals surface area (Å²) >= 11 is 0. The molecular weight excluding hydrogens is 266 g/mol. The van der Waals surface area contributed by atoms with Crippen LogP contribution in [0.5, 0.6) is 0 Å². The van der Waals surface area contributed by atoms with Crippen LogP contribution < -0.4 is 10.2 Å². The molecule has 2 atom stereocenters. The summed E-state index contributed by atoms with van der Waals surface area (Å²) in [5, 5.41) is 3.40. The van der Waals surface area contributed by atoms with Gasteiger partial charge < -0.3 is 19.7 Å². The van der Waals surface area contributed by atoms with E-state index >= 15 is 0 Å². The normalized spacial score (nSPS) is 22.5. The lowest BCUT2D eigenvalue weighted by atomic mass is 10.1. The number of ether oxygens (including phenoxy) is 2. The minimum absolute atomic E-state index is 0.254. The van der Waals surface area contributed by atoms with Crippen LogP contribution in [0.1, 0.15) is 25.8 Å². The molecule has 1 fully saturated rings. The predicted molar refractivity (Wildman–Crippen MR) is 84.7 cm³/mol. The summed E-state index contributed by atoms with van der Waals surface area (Å²) in [5.41, 5.74) is 1.24. The number of nitrogens with zero attached hydrogens (tertiary/aromatic N) is 2. The van der Waals surface area contributed by atoms with E-state index in [1.54, 1.807) is 7.11 Å². The molecule has 0 saturated carbocycles. The molecule has 2 heterocycles. The van der Waals surface area contributed by atoms with Crippen molar-refractivity contribution in [3.63, 3.8) is 0 Å². The van der Waals surface area contributed by atoms with E-state index in [1.165, 1.54) is 5.56 Å². The summed E-state index contributed by atoms with van der Waals surface area (Å²) in [4.78, 5) is 7.04. The van der Waals surface area contributed by atoms with Gasteiger partial charge >= 0.3 is 0 Å². The quantitative estimate of drug-likeness (QED) is 0.777. The van der Waals surface area contributed by atoms with E-state index in [-0.39, 0.29) is 6.10 Å². The van der Waals surface area contributed by atoms with Gasteiger partial charge in [0.2, 0.25) is 0 Å². The standard InChI is InChI=1S/C16H27N3O2/c1-4-15-12-21-13(2)11-19(15)16-14(6-5-7-18-16)10-17-8-9-20-3/h5-7,13,15,17H,4,8-12H2,1-3H3. The minimum atomic E-state index is 0.254. The van der Waals surface area contributed by atoms with Gasteiger partial charge in [-0.2, -0.15) is 0 Å². The topological polar surface area (TPSA) is 46.6 Å². The number of aromatic nitrogens is 1. The van der Waals surface area contributed by atoms with Crippen molar-refractivity contribution in [2.24, 2.45) is 0 Å². The van der Waals surface area contributed by atoms with Gasteiger partial charge in [-0.25, -0.2) is 4.98 Å². The first-order valence-corrected chi connectivity index (χ1v) is 7.78. The van der Waals surface area contributed by atoms with Crippen LogP contribution in [-0.4, -0.2) is 50.5 Å². The molecule has 1 aliphatic heterocycles. The van der Waals surface area contributed by atoms with Crippen molar-refractivity contribution in [2.45, 2.75) is 39.0 Å². The Balaban J connectivity index is 2.09. The SMILES string of the molecule is CCC1COC(C)CN1c1ncccc1CNCCOC. The van der Waals surface area contributed by atoms with Crippen LogP contribution in [0.3, 0.4) is 0 Å². The Hall–Kier alpha value is -1.17. The van der Waals surface area contributed by atoms with Crippen LogP contribution in [0.2, 0.25) is 0 Å². The largest absolute Gasteiger partial charge is 0.383 e. The van der Waals surface area contributed by atoms with E-state index in [0.717, 1.165) is 45.1 Å². The summed E-state index contributed by atoms with van der Waals surface area (Å²) in [6, 6.07) is 4.56. The molecule has 21 heavy (non-hydrogen) atoms. The zero-order valence-electron chi connectivity index (χ0n) is 13.3. The Labute approximate surface area is 127 Å². The molecule has 0 amide bonds. The minimum Gasteiger partial charge on any atom is -0.383 e. The molecule has 1 aromatic rings. The first kappa shape index (κ1) is 16.2. The third-order valence-corrected chi connectivity index (χ3v) is 3.88. The molecule has 0 spiro atoms. The van der Waals surface area contributed by atoms with Gasteiger partial charge in [0, 0.05) is 38.5 Å². The van der Waals surface area contributed by atoms with E-state index in [2.05, 4.69) is 35.1 Å². The Morgan fingerprint density at radius 2 is 2.38 bits per heavy atom. The molecule has 0 aromatic carbocycles. The number of methoxy groups -OCH3 is 1. The number of morpholine rings is 1. The molecule has 1 aliphatic rings. The second kappa shape index (κ2) is 8.32. The summed E-state index contributed by atoms with van der Waals surface area (Å²) in [5.74, 6) is 1.09. The van der Waals surface area contributed by atoms with E-state index < -0.39 is 0 Å². The van der Waals surface area contributed by atoms with Crippen LogP contribution in [-0.2, 0) is 16.0 Å². The van der Waals surface area contributed by atoms with Gasteiger partial charge in [0.15, 0.2) is 0 Å². The van der Waals surface area contributed by atoms with Crippen LogP contribution in [0.25, 0.3) is 0 Å². The van der Waals surface area contributed by atoms with Crippen molar-refractivity contribution in [2.75, 3.05) is 38.3 Å². The van der Waals surface area contributed by atoms with E-state index in [9.17, 15) is 0 Å². The molecule has 118 valence electrons. The Kier molecular flexibility index (Phi) is 6.42. The smallest absolute Gasteiger partial charge is 0.133 e. The van der Waals surface area contributed by atoms with Crippen molar-refractivity contribution in [1.29, 1.82) is 0 Å². The summed E-state index contributed by atoms with van der Waals surface area (Å²) in [6.07, 6.45) is 3.20. The average Bonchev–Trinajstić information content (AvgIpc) is 2.52. The lowest BCUT2D eigenvalue weighted by molar-refractivity contribution is 0.0295. The maximum Gasteiger partial charge on any atom is 0.133 e. The predicted octanol–water partition coefficient (Wildman–Crippen LogP) is 1.82. The molecule has 0 radical (unpaired) electrons. The van der Waals surface area contributed by atoms with Crippen LogP contribution in [0.15, 0.2) is 18.3 Å².